The molecule has 1 aromatic rings. The standard InChI is InChI=1S/C13H15F3N2O.ClH/c14-7-5-10(15)12(11(16)6-7)13(19)18-9-3-1-8(17)2-4-9;/h5-6,8-9H,1-4,17H2,(H,18,19);1H. The van der Waals surface area contributed by atoms with Gasteiger partial charge >= 0.3 is 0 Å². The summed E-state index contributed by atoms with van der Waals surface area (Å²) < 4.78 is 39.6. The normalized spacial score (nSPS) is 22.0. The molecule has 1 aromatic carbocycles. The molecule has 0 bridgehead atoms. The van der Waals surface area contributed by atoms with E-state index in [-0.39, 0.29) is 24.5 Å². The summed E-state index contributed by atoms with van der Waals surface area (Å²) in [5, 5.41) is 2.56. The first-order valence-electron chi connectivity index (χ1n) is 6.18. The first kappa shape index (κ1) is 16.8. The van der Waals surface area contributed by atoms with Gasteiger partial charge in [-0.25, -0.2) is 13.2 Å². The van der Waals surface area contributed by atoms with Crippen molar-refractivity contribution in [3.63, 3.8) is 0 Å². The number of carbonyl (C=O) groups excluding carboxylic acids is 1. The Hall–Kier alpha value is -1.27. The van der Waals surface area contributed by atoms with Gasteiger partial charge < -0.3 is 11.1 Å². The number of benzene rings is 1. The third-order valence-corrected chi connectivity index (χ3v) is 3.34. The summed E-state index contributed by atoms with van der Waals surface area (Å²) in [5.74, 6) is -4.28. The van der Waals surface area contributed by atoms with Gasteiger partial charge in [-0.3, -0.25) is 4.79 Å². The number of carbonyl (C=O) groups is 1. The molecule has 1 aliphatic carbocycles. The number of nitrogens with two attached hydrogens (primary N) is 1. The molecule has 2 rings (SSSR count). The smallest absolute Gasteiger partial charge is 0.257 e. The van der Waals surface area contributed by atoms with E-state index in [1.165, 1.54) is 0 Å². The number of rotatable bonds is 2. The molecule has 3 N–H and O–H groups in total. The molecule has 1 amide bonds. The lowest BCUT2D eigenvalue weighted by atomic mass is 9.91. The number of hydrogen-bond donors (Lipinski definition) is 2. The van der Waals surface area contributed by atoms with Crippen LogP contribution in [0, 0.1) is 17.5 Å². The molecule has 0 aromatic heterocycles. The Morgan fingerprint density at radius 1 is 1.10 bits per heavy atom. The monoisotopic (exact) mass is 308 g/mol. The summed E-state index contributed by atoms with van der Waals surface area (Å²) in [4.78, 5) is 11.8. The molecule has 0 saturated heterocycles. The van der Waals surface area contributed by atoms with Crippen molar-refractivity contribution in [1.29, 1.82) is 0 Å². The highest BCUT2D eigenvalue weighted by Gasteiger charge is 2.24. The fourth-order valence-corrected chi connectivity index (χ4v) is 2.28. The summed E-state index contributed by atoms with van der Waals surface area (Å²) in [7, 11) is 0. The lowest BCUT2D eigenvalue weighted by Gasteiger charge is -2.26. The summed E-state index contributed by atoms with van der Waals surface area (Å²) in [6, 6.07) is 0.965. The van der Waals surface area contributed by atoms with Crippen LogP contribution in [0.15, 0.2) is 12.1 Å². The van der Waals surface area contributed by atoms with E-state index in [1.807, 2.05) is 0 Å². The van der Waals surface area contributed by atoms with Crippen LogP contribution in [-0.2, 0) is 0 Å². The lowest BCUT2D eigenvalue weighted by molar-refractivity contribution is 0.0917. The predicted octanol–water partition coefficient (Wildman–Crippen LogP) is 2.53. The third-order valence-electron chi connectivity index (χ3n) is 3.34. The molecular weight excluding hydrogens is 293 g/mol. The molecule has 1 saturated carbocycles. The molecule has 3 nitrogen and oxygen atoms in total. The Kier molecular flexibility index (Phi) is 5.83. The fourth-order valence-electron chi connectivity index (χ4n) is 2.28. The van der Waals surface area contributed by atoms with Gasteiger partial charge in [0.2, 0.25) is 0 Å². The zero-order valence-corrected chi connectivity index (χ0v) is 11.5. The van der Waals surface area contributed by atoms with Gasteiger partial charge in [0, 0.05) is 24.2 Å². The Balaban J connectivity index is 0.00000200. The van der Waals surface area contributed by atoms with Crippen molar-refractivity contribution < 1.29 is 18.0 Å². The number of amides is 1. The third kappa shape index (κ3) is 3.86. The van der Waals surface area contributed by atoms with Crippen LogP contribution in [0.3, 0.4) is 0 Å². The molecule has 0 spiro atoms. The largest absolute Gasteiger partial charge is 0.349 e. The van der Waals surface area contributed by atoms with Gasteiger partial charge in [0.05, 0.1) is 0 Å². The van der Waals surface area contributed by atoms with Crippen molar-refractivity contribution in [2.75, 3.05) is 0 Å². The van der Waals surface area contributed by atoms with E-state index in [0.29, 0.717) is 25.0 Å². The molecule has 0 heterocycles. The molecule has 1 aliphatic rings. The average Bonchev–Trinajstić information content (AvgIpc) is 2.30. The highest BCUT2D eigenvalue weighted by Crippen LogP contribution is 2.19. The van der Waals surface area contributed by atoms with E-state index in [0.717, 1.165) is 12.8 Å². The van der Waals surface area contributed by atoms with Gasteiger partial charge in [0.1, 0.15) is 23.0 Å². The number of hydrogen-bond acceptors (Lipinski definition) is 2. The second-order valence-electron chi connectivity index (χ2n) is 4.83. The average molecular weight is 309 g/mol. The zero-order chi connectivity index (χ0) is 14.0. The van der Waals surface area contributed by atoms with Crippen LogP contribution < -0.4 is 11.1 Å². The maximum atomic E-state index is 13.4. The highest BCUT2D eigenvalue weighted by atomic mass is 35.5. The van der Waals surface area contributed by atoms with Gasteiger partial charge in [0.25, 0.3) is 5.91 Å². The van der Waals surface area contributed by atoms with Gasteiger partial charge in [-0.15, -0.1) is 12.4 Å². The van der Waals surface area contributed by atoms with Gasteiger partial charge in [0.15, 0.2) is 0 Å². The molecule has 0 aliphatic heterocycles. The van der Waals surface area contributed by atoms with Crippen molar-refractivity contribution in [2.45, 2.75) is 37.8 Å². The van der Waals surface area contributed by atoms with E-state index in [9.17, 15) is 18.0 Å². The topological polar surface area (TPSA) is 55.1 Å². The zero-order valence-electron chi connectivity index (χ0n) is 10.7. The van der Waals surface area contributed by atoms with E-state index in [1.54, 1.807) is 0 Å². The maximum absolute atomic E-state index is 13.4. The SMILES string of the molecule is Cl.NC1CCC(NC(=O)c2c(F)cc(F)cc2F)CC1. The Morgan fingerprint density at radius 3 is 2.10 bits per heavy atom. The van der Waals surface area contributed by atoms with Crippen LogP contribution in [0.1, 0.15) is 36.0 Å². The second-order valence-corrected chi connectivity index (χ2v) is 4.83. The van der Waals surface area contributed by atoms with Crippen LogP contribution in [0.25, 0.3) is 0 Å². The van der Waals surface area contributed by atoms with Crippen molar-refractivity contribution >= 4 is 18.3 Å². The summed E-state index contributed by atoms with van der Waals surface area (Å²) in [6.07, 6.45) is 2.88. The molecule has 0 atom stereocenters. The van der Waals surface area contributed by atoms with Crippen LogP contribution in [0.5, 0.6) is 0 Å². The first-order chi connectivity index (χ1) is 8.97. The minimum atomic E-state index is -1.19. The second kappa shape index (κ2) is 6.95. The summed E-state index contributed by atoms with van der Waals surface area (Å²) in [5.41, 5.74) is 4.99. The molecule has 1 fully saturated rings. The van der Waals surface area contributed by atoms with Gasteiger partial charge in [-0.2, -0.15) is 0 Å². The van der Waals surface area contributed by atoms with E-state index >= 15 is 0 Å². The predicted molar refractivity (Wildman–Crippen MR) is 71.3 cm³/mol. The van der Waals surface area contributed by atoms with E-state index < -0.39 is 28.9 Å². The van der Waals surface area contributed by atoms with Crippen LogP contribution in [-0.4, -0.2) is 18.0 Å². The quantitative estimate of drug-likeness (QED) is 0.882. The van der Waals surface area contributed by atoms with Gasteiger partial charge in [-0.05, 0) is 25.7 Å². The Labute approximate surface area is 121 Å². The molecule has 7 heteroatoms. The van der Waals surface area contributed by atoms with Crippen molar-refractivity contribution in [1.82, 2.24) is 5.32 Å². The van der Waals surface area contributed by atoms with Crippen molar-refractivity contribution in [2.24, 2.45) is 5.73 Å². The molecular formula is C13H16ClF3N2O. The van der Waals surface area contributed by atoms with E-state index in [2.05, 4.69) is 5.32 Å². The fraction of sp³-hybridized carbons (Fsp3) is 0.462. The molecule has 0 unspecified atom stereocenters. The van der Waals surface area contributed by atoms with Crippen LogP contribution >= 0.6 is 12.4 Å². The molecule has 112 valence electrons. The van der Waals surface area contributed by atoms with Gasteiger partial charge in [-0.1, -0.05) is 0 Å². The Morgan fingerprint density at radius 2 is 1.60 bits per heavy atom. The summed E-state index contributed by atoms with van der Waals surface area (Å²) >= 11 is 0. The van der Waals surface area contributed by atoms with Crippen molar-refractivity contribution in [3.05, 3.63) is 35.1 Å². The Bertz CT molecular complexity index is 467. The van der Waals surface area contributed by atoms with E-state index in [4.69, 9.17) is 5.73 Å². The minimum Gasteiger partial charge on any atom is -0.349 e. The van der Waals surface area contributed by atoms with Crippen LogP contribution in [0.4, 0.5) is 13.2 Å². The highest BCUT2D eigenvalue weighted by molar-refractivity contribution is 5.94. The maximum Gasteiger partial charge on any atom is 0.257 e. The number of halogens is 4. The van der Waals surface area contributed by atoms with Crippen LogP contribution in [0.2, 0.25) is 0 Å². The van der Waals surface area contributed by atoms with Crippen molar-refractivity contribution in [3.8, 4) is 0 Å². The summed E-state index contributed by atoms with van der Waals surface area (Å²) in [6.45, 7) is 0. The molecule has 20 heavy (non-hydrogen) atoms. The first-order valence-corrected chi connectivity index (χ1v) is 6.18. The minimum absolute atomic E-state index is 0. The number of nitrogens with one attached hydrogen (secondary N) is 1. The molecule has 0 radical (unpaired) electrons. The lowest BCUT2D eigenvalue weighted by Crippen LogP contribution is -2.41.